The number of fused-ring (bicyclic) bond motifs is 1. The Morgan fingerprint density at radius 2 is 1.83 bits per heavy atom. The molecular formula is C14H17NO3. The SMILES string of the molecule is COc1ccc(OC)c2c1c(CC(C)=O)cn2C. The second-order valence-electron chi connectivity index (χ2n) is 4.34. The minimum Gasteiger partial charge on any atom is -0.496 e. The zero-order valence-corrected chi connectivity index (χ0v) is 11.1. The molecule has 4 nitrogen and oxygen atoms in total. The first-order chi connectivity index (χ1) is 8.58. The van der Waals surface area contributed by atoms with Crippen LogP contribution in [0.5, 0.6) is 11.5 Å². The maximum Gasteiger partial charge on any atom is 0.143 e. The Morgan fingerprint density at radius 3 is 2.39 bits per heavy atom. The van der Waals surface area contributed by atoms with E-state index in [-0.39, 0.29) is 5.78 Å². The number of rotatable bonds is 4. The van der Waals surface area contributed by atoms with Crippen molar-refractivity contribution in [2.75, 3.05) is 14.2 Å². The van der Waals surface area contributed by atoms with Crippen LogP contribution in [0.1, 0.15) is 12.5 Å². The van der Waals surface area contributed by atoms with Crippen molar-refractivity contribution in [2.24, 2.45) is 7.05 Å². The van der Waals surface area contributed by atoms with Gasteiger partial charge in [0.25, 0.3) is 0 Å². The van der Waals surface area contributed by atoms with E-state index in [2.05, 4.69) is 0 Å². The van der Waals surface area contributed by atoms with Crippen LogP contribution in [0, 0.1) is 0 Å². The summed E-state index contributed by atoms with van der Waals surface area (Å²) in [5.41, 5.74) is 1.92. The van der Waals surface area contributed by atoms with Crippen molar-refractivity contribution in [3.05, 3.63) is 23.9 Å². The molecule has 0 fully saturated rings. The summed E-state index contributed by atoms with van der Waals surface area (Å²) in [6.07, 6.45) is 2.36. The van der Waals surface area contributed by atoms with E-state index in [4.69, 9.17) is 9.47 Å². The molecule has 1 aromatic carbocycles. The summed E-state index contributed by atoms with van der Waals surface area (Å²) in [5.74, 6) is 1.68. The van der Waals surface area contributed by atoms with Gasteiger partial charge in [-0.2, -0.15) is 0 Å². The van der Waals surface area contributed by atoms with Gasteiger partial charge in [-0.05, 0) is 24.6 Å². The van der Waals surface area contributed by atoms with Gasteiger partial charge in [0.2, 0.25) is 0 Å². The number of carbonyl (C=O) groups is 1. The molecule has 4 heteroatoms. The van der Waals surface area contributed by atoms with Crippen LogP contribution in [0.3, 0.4) is 0 Å². The third-order valence-electron chi connectivity index (χ3n) is 3.01. The molecule has 2 rings (SSSR count). The zero-order valence-electron chi connectivity index (χ0n) is 11.1. The number of hydrogen-bond donors (Lipinski definition) is 0. The molecule has 0 amide bonds. The van der Waals surface area contributed by atoms with Crippen LogP contribution in [0.15, 0.2) is 18.3 Å². The van der Waals surface area contributed by atoms with Crippen molar-refractivity contribution >= 4 is 16.7 Å². The first-order valence-corrected chi connectivity index (χ1v) is 5.76. The third-order valence-corrected chi connectivity index (χ3v) is 3.01. The molecule has 0 saturated heterocycles. The van der Waals surface area contributed by atoms with Gasteiger partial charge in [0.1, 0.15) is 17.3 Å². The molecule has 0 saturated carbocycles. The zero-order chi connectivity index (χ0) is 13.3. The van der Waals surface area contributed by atoms with Crippen LogP contribution in [0.25, 0.3) is 10.9 Å². The molecule has 0 atom stereocenters. The van der Waals surface area contributed by atoms with Crippen molar-refractivity contribution in [3.8, 4) is 11.5 Å². The fourth-order valence-corrected chi connectivity index (χ4v) is 2.31. The number of ether oxygens (including phenoxy) is 2. The van der Waals surface area contributed by atoms with E-state index in [0.29, 0.717) is 6.42 Å². The largest absolute Gasteiger partial charge is 0.496 e. The fraction of sp³-hybridized carbons (Fsp3) is 0.357. The van der Waals surface area contributed by atoms with E-state index in [1.165, 1.54) is 0 Å². The minimum atomic E-state index is 0.132. The second kappa shape index (κ2) is 4.72. The van der Waals surface area contributed by atoms with Crippen LogP contribution in [-0.4, -0.2) is 24.6 Å². The summed E-state index contributed by atoms with van der Waals surface area (Å²) in [4.78, 5) is 11.3. The van der Waals surface area contributed by atoms with Gasteiger partial charge >= 0.3 is 0 Å². The average Bonchev–Trinajstić information content (AvgIpc) is 2.65. The summed E-state index contributed by atoms with van der Waals surface area (Å²) in [7, 11) is 5.21. The molecule has 0 N–H and O–H groups in total. The molecule has 0 spiro atoms. The molecule has 1 heterocycles. The Balaban J connectivity index is 2.77. The summed E-state index contributed by atoms with van der Waals surface area (Å²) < 4.78 is 12.7. The molecule has 1 aromatic heterocycles. The maximum absolute atomic E-state index is 11.3. The number of hydrogen-bond acceptors (Lipinski definition) is 3. The van der Waals surface area contributed by atoms with E-state index in [1.807, 2.05) is 29.9 Å². The number of aromatic nitrogens is 1. The monoisotopic (exact) mass is 247 g/mol. The highest BCUT2D eigenvalue weighted by atomic mass is 16.5. The Kier molecular flexibility index (Phi) is 3.28. The van der Waals surface area contributed by atoms with E-state index < -0.39 is 0 Å². The lowest BCUT2D eigenvalue weighted by atomic mass is 10.1. The summed E-state index contributed by atoms with van der Waals surface area (Å²) in [6.45, 7) is 1.59. The molecule has 18 heavy (non-hydrogen) atoms. The Hall–Kier alpha value is -1.97. The highest BCUT2D eigenvalue weighted by Gasteiger charge is 2.16. The quantitative estimate of drug-likeness (QED) is 0.832. The lowest BCUT2D eigenvalue weighted by Crippen LogP contribution is -1.96. The predicted molar refractivity (Wildman–Crippen MR) is 70.4 cm³/mol. The first kappa shape index (κ1) is 12.5. The third kappa shape index (κ3) is 1.94. The van der Waals surface area contributed by atoms with Crippen molar-refractivity contribution < 1.29 is 14.3 Å². The molecule has 0 radical (unpaired) electrons. The van der Waals surface area contributed by atoms with Crippen molar-refractivity contribution in [2.45, 2.75) is 13.3 Å². The lowest BCUT2D eigenvalue weighted by molar-refractivity contribution is -0.116. The van der Waals surface area contributed by atoms with Crippen LogP contribution in [0.4, 0.5) is 0 Å². The highest BCUT2D eigenvalue weighted by molar-refractivity contribution is 5.96. The fourth-order valence-electron chi connectivity index (χ4n) is 2.31. The highest BCUT2D eigenvalue weighted by Crippen LogP contribution is 2.36. The van der Waals surface area contributed by atoms with E-state index in [1.54, 1.807) is 21.1 Å². The van der Waals surface area contributed by atoms with Gasteiger partial charge in [0, 0.05) is 25.1 Å². The number of ketones is 1. The number of aryl methyl sites for hydroxylation is 1. The number of carbonyl (C=O) groups excluding carboxylic acids is 1. The lowest BCUT2D eigenvalue weighted by Gasteiger charge is -2.08. The summed E-state index contributed by atoms with van der Waals surface area (Å²) >= 11 is 0. The van der Waals surface area contributed by atoms with Crippen molar-refractivity contribution in [3.63, 3.8) is 0 Å². The van der Waals surface area contributed by atoms with Gasteiger partial charge in [0.05, 0.1) is 19.7 Å². The molecule has 0 aliphatic carbocycles. The van der Waals surface area contributed by atoms with Crippen LogP contribution < -0.4 is 9.47 Å². The standard InChI is InChI=1S/C14H17NO3/c1-9(16)7-10-8-15(2)14-12(18-4)6-5-11(17-3)13(10)14/h5-6,8H,7H2,1-4H3. The van der Waals surface area contributed by atoms with Gasteiger partial charge in [-0.3, -0.25) is 4.79 Å². The topological polar surface area (TPSA) is 40.5 Å². The number of nitrogens with zero attached hydrogens (tertiary/aromatic N) is 1. The van der Waals surface area contributed by atoms with Crippen molar-refractivity contribution in [1.29, 1.82) is 0 Å². The average molecular weight is 247 g/mol. The van der Waals surface area contributed by atoms with Gasteiger partial charge < -0.3 is 14.0 Å². The molecule has 96 valence electrons. The molecule has 0 aliphatic heterocycles. The van der Waals surface area contributed by atoms with E-state index in [9.17, 15) is 4.79 Å². The first-order valence-electron chi connectivity index (χ1n) is 5.76. The van der Waals surface area contributed by atoms with Crippen LogP contribution in [0.2, 0.25) is 0 Å². The molecule has 0 aliphatic rings. The van der Waals surface area contributed by atoms with Crippen LogP contribution >= 0.6 is 0 Å². The van der Waals surface area contributed by atoms with Gasteiger partial charge in [-0.15, -0.1) is 0 Å². The van der Waals surface area contributed by atoms with Gasteiger partial charge in [0.15, 0.2) is 0 Å². The maximum atomic E-state index is 11.3. The Labute approximate surface area is 106 Å². The molecule has 0 unspecified atom stereocenters. The van der Waals surface area contributed by atoms with Crippen LogP contribution in [-0.2, 0) is 18.3 Å². The van der Waals surface area contributed by atoms with Crippen molar-refractivity contribution in [1.82, 2.24) is 4.57 Å². The number of Topliss-reactive ketones (excluding diaryl/α,β-unsaturated/α-hetero) is 1. The summed E-state index contributed by atoms with van der Waals surface area (Å²) in [6, 6.07) is 3.74. The summed E-state index contributed by atoms with van der Waals surface area (Å²) in [5, 5.41) is 0.953. The predicted octanol–water partition coefficient (Wildman–Crippen LogP) is 2.33. The van der Waals surface area contributed by atoms with Gasteiger partial charge in [-0.25, -0.2) is 0 Å². The Bertz CT molecular complexity index is 599. The smallest absolute Gasteiger partial charge is 0.143 e. The molecule has 2 aromatic rings. The normalized spacial score (nSPS) is 10.7. The molecular weight excluding hydrogens is 230 g/mol. The minimum absolute atomic E-state index is 0.132. The number of benzene rings is 1. The molecule has 0 bridgehead atoms. The Morgan fingerprint density at radius 1 is 1.22 bits per heavy atom. The van der Waals surface area contributed by atoms with E-state index >= 15 is 0 Å². The van der Waals surface area contributed by atoms with E-state index in [0.717, 1.165) is 28.0 Å². The van der Waals surface area contributed by atoms with Gasteiger partial charge in [-0.1, -0.05) is 0 Å². The number of methoxy groups -OCH3 is 2. The second-order valence-corrected chi connectivity index (χ2v) is 4.34.